The van der Waals surface area contributed by atoms with Crippen molar-refractivity contribution in [1.29, 1.82) is 0 Å². The van der Waals surface area contributed by atoms with Crippen LogP contribution in [0.2, 0.25) is 5.02 Å². The van der Waals surface area contributed by atoms with Gasteiger partial charge in [0, 0.05) is 24.2 Å². The summed E-state index contributed by atoms with van der Waals surface area (Å²) < 4.78 is 70.5. The number of anilines is 1. The van der Waals surface area contributed by atoms with Gasteiger partial charge < -0.3 is 9.30 Å². The van der Waals surface area contributed by atoms with Crippen molar-refractivity contribution in [3.8, 4) is 17.1 Å². The Labute approximate surface area is 187 Å². The molecule has 0 bridgehead atoms. The summed E-state index contributed by atoms with van der Waals surface area (Å²) in [6.45, 7) is 0.746. The number of hydrogen-bond donors (Lipinski definition) is 1. The van der Waals surface area contributed by atoms with Gasteiger partial charge in [0.1, 0.15) is 11.6 Å². The van der Waals surface area contributed by atoms with Gasteiger partial charge in [0.15, 0.2) is 5.82 Å². The Kier molecular flexibility index (Phi) is 6.04. The number of alkyl halides is 3. The second-order valence-electron chi connectivity index (χ2n) is 7.22. The summed E-state index contributed by atoms with van der Waals surface area (Å²) in [6, 6.07) is 8.51. The van der Waals surface area contributed by atoms with Gasteiger partial charge in [-0.3, -0.25) is 4.72 Å². The number of rotatable bonds is 5. The lowest BCUT2D eigenvalue weighted by atomic mass is 10.2. The van der Waals surface area contributed by atoms with Crippen LogP contribution in [0.4, 0.5) is 18.9 Å². The minimum absolute atomic E-state index is 0.222. The summed E-state index contributed by atoms with van der Waals surface area (Å²) >= 11 is 6.37. The van der Waals surface area contributed by atoms with Gasteiger partial charge in [-0.05, 0) is 55.3 Å². The summed E-state index contributed by atoms with van der Waals surface area (Å²) in [7, 11) is -4.07. The van der Waals surface area contributed by atoms with E-state index < -0.39 is 22.1 Å². The SMILES string of the molecule is O=S(=O)(Nc1ccc(Cl)c(-c2nnc3n2CCCCC3)c1)c1ccc(OC(F)(F)F)cc1. The third kappa shape index (κ3) is 4.99. The van der Waals surface area contributed by atoms with E-state index >= 15 is 0 Å². The third-order valence-corrected chi connectivity index (χ3v) is 6.66. The zero-order chi connectivity index (χ0) is 22.9. The van der Waals surface area contributed by atoms with Gasteiger partial charge in [0.05, 0.1) is 9.92 Å². The van der Waals surface area contributed by atoms with E-state index in [0.29, 0.717) is 16.4 Å². The van der Waals surface area contributed by atoms with Crippen LogP contribution < -0.4 is 9.46 Å². The Bertz CT molecular complexity index is 1230. The maximum Gasteiger partial charge on any atom is 0.573 e. The molecular formula is C20H18ClF3N4O3S. The number of sulfonamides is 1. The Morgan fingerprint density at radius 1 is 1.03 bits per heavy atom. The minimum Gasteiger partial charge on any atom is -0.406 e. The smallest absolute Gasteiger partial charge is 0.406 e. The van der Waals surface area contributed by atoms with E-state index in [9.17, 15) is 21.6 Å². The average molecular weight is 487 g/mol. The first-order valence-corrected chi connectivity index (χ1v) is 11.6. The molecule has 0 radical (unpaired) electrons. The molecule has 2 heterocycles. The molecule has 0 fully saturated rings. The minimum atomic E-state index is -4.86. The molecule has 0 aliphatic carbocycles. The summed E-state index contributed by atoms with van der Waals surface area (Å²) in [5, 5.41) is 8.88. The second kappa shape index (κ2) is 8.62. The van der Waals surface area contributed by atoms with Gasteiger partial charge in [-0.2, -0.15) is 0 Å². The lowest BCUT2D eigenvalue weighted by Crippen LogP contribution is -2.17. The molecule has 170 valence electrons. The first-order chi connectivity index (χ1) is 15.1. The maximum atomic E-state index is 12.7. The van der Waals surface area contributed by atoms with Crippen LogP contribution >= 0.6 is 11.6 Å². The van der Waals surface area contributed by atoms with Gasteiger partial charge >= 0.3 is 6.36 Å². The first kappa shape index (κ1) is 22.4. The molecule has 32 heavy (non-hydrogen) atoms. The van der Waals surface area contributed by atoms with Crippen molar-refractivity contribution in [2.24, 2.45) is 0 Å². The van der Waals surface area contributed by atoms with Crippen molar-refractivity contribution >= 4 is 27.3 Å². The molecule has 2 aromatic carbocycles. The molecule has 12 heteroatoms. The van der Waals surface area contributed by atoms with Crippen molar-refractivity contribution in [2.45, 2.75) is 43.5 Å². The molecule has 0 atom stereocenters. The number of fused-ring (bicyclic) bond motifs is 1. The molecule has 0 unspecified atom stereocenters. The predicted molar refractivity (Wildman–Crippen MR) is 112 cm³/mol. The number of hydrogen-bond acceptors (Lipinski definition) is 5. The summed E-state index contributed by atoms with van der Waals surface area (Å²) in [5.74, 6) is 0.903. The molecule has 0 saturated carbocycles. The lowest BCUT2D eigenvalue weighted by molar-refractivity contribution is -0.274. The monoisotopic (exact) mass is 486 g/mol. The zero-order valence-corrected chi connectivity index (χ0v) is 18.1. The average Bonchev–Trinajstić information content (AvgIpc) is 2.96. The van der Waals surface area contributed by atoms with Crippen molar-refractivity contribution in [1.82, 2.24) is 14.8 Å². The summed E-state index contributed by atoms with van der Waals surface area (Å²) in [6.07, 6.45) is -0.957. The maximum absolute atomic E-state index is 12.7. The van der Waals surface area contributed by atoms with Crippen LogP contribution in [0, 0.1) is 0 Å². The van der Waals surface area contributed by atoms with E-state index in [4.69, 9.17) is 11.6 Å². The highest BCUT2D eigenvalue weighted by atomic mass is 35.5. The number of benzene rings is 2. The topological polar surface area (TPSA) is 86.1 Å². The van der Waals surface area contributed by atoms with Gasteiger partial charge in [-0.25, -0.2) is 8.42 Å². The highest BCUT2D eigenvalue weighted by Crippen LogP contribution is 2.32. The Hall–Kier alpha value is -2.79. The lowest BCUT2D eigenvalue weighted by Gasteiger charge is -2.13. The number of ether oxygens (including phenoxy) is 1. The zero-order valence-electron chi connectivity index (χ0n) is 16.6. The van der Waals surface area contributed by atoms with Crippen molar-refractivity contribution in [2.75, 3.05) is 4.72 Å². The van der Waals surface area contributed by atoms with Crippen LogP contribution in [-0.2, 0) is 23.0 Å². The molecule has 1 aromatic heterocycles. The molecule has 4 rings (SSSR count). The van der Waals surface area contributed by atoms with Crippen LogP contribution in [0.3, 0.4) is 0 Å². The standard InChI is InChI=1S/C20H18ClF3N4O3S/c21-17-10-5-13(12-16(17)19-26-25-18-4-2-1-3-11-28(18)19)27-32(29,30)15-8-6-14(7-9-15)31-20(22,23)24/h5-10,12,27H,1-4,11H2. The van der Waals surface area contributed by atoms with Gasteiger partial charge in [0.2, 0.25) is 0 Å². The fourth-order valence-electron chi connectivity index (χ4n) is 3.48. The van der Waals surface area contributed by atoms with Gasteiger partial charge in [-0.15, -0.1) is 23.4 Å². The molecule has 0 saturated heterocycles. The fraction of sp³-hybridized carbons (Fsp3) is 0.300. The number of halogens is 4. The van der Waals surface area contributed by atoms with Crippen LogP contribution in [0.5, 0.6) is 5.75 Å². The van der Waals surface area contributed by atoms with Crippen LogP contribution in [0.25, 0.3) is 11.4 Å². The van der Waals surface area contributed by atoms with Crippen LogP contribution in [0.15, 0.2) is 47.4 Å². The molecule has 0 spiro atoms. The summed E-state index contributed by atoms with van der Waals surface area (Å²) in [5.41, 5.74) is 0.757. The molecule has 1 aliphatic heterocycles. The Morgan fingerprint density at radius 3 is 2.50 bits per heavy atom. The Balaban J connectivity index is 1.60. The van der Waals surface area contributed by atoms with E-state index in [1.165, 1.54) is 6.07 Å². The van der Waals surface area contributed by atoms with Crippen molar-refractivity contribution < 1.29 is 26.3 Å². The van der Waals surface area contributed by atoms with Crippen molar-refractivity contribution in [3.05, 3.63) is 53.3 Å². The molecule has 0 amide bonds. The number of aryl methyl sites for hydroxylation is 1. The highest BCUT2D eigenvalue weighted by Gasteiger charge is 2.31. The van der Waals surface area contributed by atoms with Crippen LogP contribution in [-0.4, -0.2) is 29.5 Å². The third-order valence-electron chi connectivity index (χ3n) is 4.94. The number of aromatic nitrogens is 3. The molecule has 7 nitrogen and oxygen atoms in total. The number of nitrogens with one attached hydrogen (secondary N) is 1. The van der Waals surface area contributed by atoms with Crippen LogP contribution in [0.1, 0.15) is 25.1 Å². The van der Waals surface area contributed by atoms with Gasteiger partial charge in [0.25, 0.3) is 10.0 Å². The van der Waals surface area contributed by atoms with E-state index in [0.717, 1.165) is 62.3 Å². The van der Waals surface area contributed by atoms with E-state index in [2.05, 4.69) is 19.7 Å². The van der Waals surface area contributed by atoms with Gasteiger partial charge in [-0.1, -0.05) is 18.0 Å². The van der Waals surface area contributed by atoms with E-state index in [1.807, 2.05) is 4.57 Å². The molecule has 1 aliphatic rings. The van der Waals surface area contributed by atoms with Crippen molar-refractivity contribution in [3.63, 3.8) is 0 Å². The fourth-order valence-corrected chi connectivity index (χ4v) is 4.73. The molecular weight excluding hydrogens is 469 g/mol. The normalized spacial score (nSPS) is 14.5. The Morgan fingerprint density at radius 2 is 1.78 bits per heavy atom. The predicted octanol–water partition coefficient (Wildman–Crippen LogP) is 5.02. The second-order valence-corrected chi connectivity index (χ2v) is 9.31. The number of nitrogens with zero attached hydrogens (tertiary/aromatic N) is 3. The van der Waals surface area contributed by atoms with E-state index in [1.54, 1.807) is 12.1 Å². The molecule has 3 aromatic rings. The highest BCUT2D eigenvalue weighted by molar-refractivity contribution is 7.92. The summed E-state index contributed by atoms with van der Waals surface area (Å²) in [4.78, 5) is -0.222. The molecule has 1 N–H and O–H groups in total. The largest absolute Gasteiger partial charge is 0.573 e. The van der Waals surface area contributed by atoms with E-state index in [-0.39, 0.29) is 10.6 Å². The quantitative estimate of drug-likeness (QED) is 0.547. The first-order valence-electron chi connectivity index (χ1n) is 9.73.